The number of hydrogen-bond acceptors (Lipinski definition) is 5. The Labute approximate surface area is 178 Å². The number of rotatable bonds is 8. The fourth-order valence-corrected chi connectivity index (χ4v) is 4.12. The third-order valence-corrected chi connectivity index (χ3v) is 5.98. The van der Waals surface area contributed by atoms with E-state index in [9.17, 15) is 4.79 Å². The van der Waals surface area contributed by atoms with Gasteiger partial charge in [-0.25, -0.2) is 0 Å². The number of fused-ring (bicyclic) bond motifs is 1. The van der Waals surface area contributed by atoms with Crippen molar-refractivity contribution in [1.29, 1.82) is 0 Å². The smallest absolute Gasteiger partial charge is 0.234 e. The quantitative estimate of drug-likeness (QED) is 0.727. The highest BCUT2D eigenvalue weighted by Gasteiger charge is 2.21. The van der Waals surface area contributed by atoms with E-state index < -0.39 is 0 Å². The van der Waals surface area contributed by atoms with Gasteiger partial charge in [0.1, 0.15) is 0 Å². The number of benzene rings is 2. The van der Waals surface area contributed by atoms with Crippen molar-refractivity contribution in [2.45, 2.75) is 25.8 Å². The Kier molecular flexibility index (Phi) is 6.87. The van der Waals surface area contributed by atoms with Crippen molar-refractivity contribution in [2.24, 2.45) is 0 Å². The average Bonchev–Trinajstić information content (AvgIpc) is 3.24. The van der Waals surface area contributed by atoms with Gasteiger partial charge < -0.3 is 14.8 Å². The molecule has 6 nitrogen and oxygen atoms in total. The number of hydrogen-bond donors (Lipinski definition) is 1. The van der Waals surface area contributed by atoms with Crippen LogP contribution in [-0.4, -0.2) is 61.8 Å². The van der Waals surface area contributed by atoms with Gasteiger partial charge in [0.15, 0.2) is 11.5 Å². The zero-order valence-electron chi connectivity index (χ0n) is 17.7. The van der Waals surface area contributed by atoms with Gasteiger partial charge in [0.05, 0.1) is 6.54 Å². The molecule has 2 aliphatic heterocycles. The van der Waals surface area contributed by atoms with Gasteiger partial charge in [-0.05, 0) is 29.7 Å². The molecule has 1 saturated heterocycles. The molecule has 0 aliphatic carbocycles. The molecule has 0 saturated carbocycles. The van der Waals surface area contributed by atoms with Gasteiger partial charge in [-0.1, -0.05) is 43.3 Å². The molecule has 1 fully saturated rings. The molecule has 2 heterocycles. The maximum atomic E-state index is 12.5. The molecular weight excluding hydrogens is 378 g/mol. The van der Waals surface area contributed by atoms with Crippen LogP contribution in [0.5, 0.6) is 11.5 Å². The molecule has 4 rings (SSSR count). The van der Waals surface area contributed by atoms with Crippen molar-refractivity contribution in [3.05, 3.63) is 59.7 Å². The molecule has 160 valence electrons. The summed E-state index contributed by atoms with van der Waals surface area (Å²) in [6.07, 6.45) is 1.02. The van der Waals surface area contributed by atoms with E-state index >= 15 is 0 Å². The summed E-state index contributed by atoms with van der Waals surface area (Å²) in [6, 6.07) is 16.6. The Balaban J connectivity index is 1.18. The summed E-state index contributed by atoms with van der Waals surface area (Å²) in [5, 5.41) is 3.13. The molecule has 2 aromatic carbocycles. The summed E-state index contributed by atoms with van der Waals surface area (Å²) in [7, 11) is 0. The van der Waals surface area contributed by atoms with Crippen LogP contribution in [0, 0.1) is 0 Å². The number of amides is 1. The van der Waals surface area contributed by atoms with Gasteiger partial charge in [-0.2, -0.15) is 0 Å². The lowest BCUT2D eigenvalue weighted by Crippen LogP contribution is -2.49. The number of ether oxygens (including phenoxy) is 2. The van der Waals surface area contributed by atoms with Crippen molar-refractivity contribution in [3.63, 3.8) is 0 Å². The lowest BCUT2D eigenvalue weighted by Gasteiger charge is -2.34. The van der Waals surface area contributed by atoms with E-state index in [1.54, 1.807) is 0 Å². The fraction of sp³-hybridized carbons (Fsp3) is 0.458. The van der Waals surface area contributed by atoms with E-state index in [1.165, 1.54) is 11.1 Å². The van der Waals surface area contributed by atoms with E-state index in [0.717, 1.165) is 50.6 Å². The van der Waals surface area contributed by atoms with Crippen molar-refractivity contribution >= 4 is 5.91 Å². The van der Waals surface area contributed by atoms with Gasteiger partial charge in [0.25, 0.3) is 0 Å². The van der Waals surface area contributed by atoms with Crippen LogP contribution in [0.1, 0.15) is 30.4 Å². The summed E-state index contributed by atoms with van der Waals surface area (Å²) in [6.45, 7) is 8.29. The summed E-state index contributed by atoms with van der Waals surface area (Å²) in [5.41, 5.74) is 2.52. The second-order valence-electron chi connectivity index (χ2n) is 8.06. The van der Waals surface area contributed by atoms with Crippen LogP contribution in [-0.2, 0) is 11.3 Å². The highest BCUT2D eigenvalue weighted by Crippen LogP contribution is 2.32. The lowest BCUT2D eigenvalue weighted by molar-refractivity contribution is -0.122. The first kappa shape index (κ1) is 20.7. The van der Waals surface area contributed by atoms with Crippen LogP contribution in [0.15, 0.2) is 48.5 Å². The monoisotopic (exact) mass is 409 g/mol. The molecule has 1 atom stereocenters. The molecule has 6 heteroatoms. The van der Waals surface area contributed by atoms with Crippen LogP contribution >= 0.6 is 0 Å². The molecule has 1 amide bonds. The van der Waals surface area contributed by atoms with Crippen LogP contribution < -0.4 is 14.8 Å². The van der Waals surface area contributed by atoms with Gasteiger partial charge in [0.2, 0.25) is 12.7 Å². The zero-order chi connectivity index (χ0) is 20.8. The van der Waals surface area contributed by atoms with Crippen molar-refractivity contribution in [3.8, 4) is 11.5 Å². The largest absolute Gasteiger partial charge is 0.454 e. The Morgan fingerprint density at radius 2 is 1.73 bits per heavy atom. The van der Waals surface area contributed by atoms with Crippen LogP contribution in [0.25, 0.3) is 0 Å². The average molecular weight is 410 g/mol. The Bertz CT molecular complexity index is 835. The third-order valence-electron chi connectivity index (χ3n) is 5.98. The maximum absolute atomic E-state index is 12.5. The van der Waals surface area contributed by atoms with Crippen LogP contribution in [0.3, 0.4) is 0 Å². The zero-order valence-corrected chi connectivity index (χ0v) is 17.7. The molecule has 0 aromatic heterocycles. The van der Waals surface area contributed by atoms with Gasteiger partial charge >= 0.3 is 0 Å². The predicted octanol–water partition coefficient (Wildman–Crippen LogP) is 2.84. The number of carbonyl (C=O) groups is 1. The highest BCUT2D eigenvalue weighted by molar-refractivity contribution is 5.78. The SMILES string of the molecule is CC[C@H](CNC(=O)CN1CCN(Cc2ccc3c(c2)OCO3)CC1)c1ccccc1. The van der Waals surface area contributed by atoms with E-state index in [4.69, 9.17) is 9.47 Å². The molecule has 2 aromatic rings. The van der Waals surface area contributed by atoms with Crippen LogP contribution in [0.4, 0.5) is 0 Å². The van der Waals surface area contributed by atoms with E-state index in [1.807, 2.05) is 12.1 Å². The fourth-order valence-electron chi connectivity index (χ4n) is 4.12. The van der Waals surface area contributed by atoms with E-state index in [-0.39, 0.29) is 5.91 Å². The standard InChI is InChI=1S/C24H31N3O3/c1-2-20(21-6-4-3-5-7-21)15-25-24(28)17-27-12-10-26(11-13-27)16-19-8-9-22-23(14-19)30-18-29-22/h3-9,14,20H,2,10-13,15-18H2,1H3,(H,25,28)/t20-/m1/s1. The first-order chi connectivity index (χ1) is 14.7. The highest BCUT2D eigenvalue weighted by atomic mass is 16.7. The molecule has 0 unspecified atom stereocenters. The van der Waals surface area contributed by atoms with Crippen molar-refractivity contribution in [1.82, 2.24) is 15.1 Å². The molecule has 0 bridgehead atoms. The number of nitrogens with zero attached hydrogens (tertiary/aromatic N) is 2. The Hall–Kier alpha value is -2.57. The van der Waals surface area contributed by atoms with E-state index in [2.05, 4.69) is 58.4 Å². The summed E-state index contributed by atoms with van der Waals surface area (Å²) < 4.78 is 10.9. The number of carbonyl (C=O) groups excluding carboxylic acids is 1. The minimum absolute atomic E-state index is 0.119. The molecule has 30 heavy (non-hydrogen) atoms. The van der Waals surface area contributed by atoms with Crippen molar-refractivity contribution in [2.75, 3.05) is 46.1 Å². The minimum Gasteiger partial charge on any atom is -0.454 e. The lowest BCUT2D eigenvalue weighted by atomic mass is 9.96. The van der Waals surface area contributed by atoms with E-state index in [0.29, 0.717) is 25.8 Å². The molecule has 1 N–H and O–H groups in total. The second kappa shape index (κ2) is 9.96. The maximum Gasteiger partial charge on any atom is 0.234 e. The first-order valence-electron chi connectivity index (χ1n) is 10.9. The molecular formula is C24H31N3O3. The van der Waals surface area contributed by atoms with Crippen molar-refractivity contribution < 1.29 is 14.3 Å². The summed E-state index contributed by atoms with van der Waals surface area (Å²) >= 11 is 0. The Morgan fingerprint density at radius 1 is 1.00 bits per heavy atom. The number of nitrogens with one attached hydrogen (secondary N) is 1. The summed E-state index contributed by atoms with van der Waals surface area (Å²) in [4.78, 5) is 17.1. The predicted molar refractivity (Wildman–Crippen MR) is 117 cm³/mol. The minimum atomic E-state index is 0.119. The molecule has 2 aliphatic rings. The van der Waals surface area contributed by atoms with Gasteiger partial charge in [0, 0.05) is 45.2 Å². The van der Waals surface area contributed by atoms with Gasteiger partial charge in [-0.3, -0.25) is 14.6 Å². The normalized spacial score (nSPS) is 17.6. The molecule has 0 spiro atoms. The van der Waals surface area contributed by atoms with Gasteiger partial charge in [-0.15, -0.1) is 0 Å². The number of piperazine rings is 1. The first-order valence-corrected chi connectivity index (χ1v) is 10.9. The Morgan fingerprint density at radius 3 is 2.50 bits per heavy atom. The summed E-state index contributed by atoms with van der Waals surface area (Å²) in [5.74, 6) is 2.15. The topological polar surface area (TPSA) is 54.0 Å². The molecule has 0 radical (unpaired) electrons. The van der Waals surface area contributed by atoms with Crippen LogP contribution in [0.2, 0.25) is 0 Å². The second-order valence-corrected chi connectivity index (χ2v) is 8.06. The third kappa shape index (κ3) is 5.32.